The number of aromatic carboxylic acids is 1. The Morgan fingerprint density at radius 1 is 1.20 bits per heavy atom. The Morgan fingerprint density at radius 3 is 2.37 bits per heavy atom. The number of rotatable bonds is 3. The van der Waals surface area contributed by atoms with E-state index in [4.69, 9.17) is 4.74 Å². The summed E-state index contributed by atoms with van der Waals surface area (Å²) in [7, 11) is 0. The van der Waals surface area contributed by atoms with Gasteiger partial charge in [0.2, 0.25) is 0 Å². The first-order chi connectivity index (χ1) is 14.0. The largest absolute Gasteiger partial charge is 0.478 e. The van der Waals surface area contributed by atoms with Crippen molar-refractivity contribution in [2.45, 2.75) is 57.5 Å². The van der Waals surface area contributed by atoms with E-state index in [1.807, 2.05) is 40.9 Å². The lowest BCUT2D eigenvalue weighted by molar-refractivity contribution is 0.00566. The highest BCUT2D eigenvalue weighted by Crippen LogP contribution is 2.32. The number of aromatic nitrogens is 2. The van der Waals surface area contributed by atoms with Gasteiger partial charge in [0, 0.05) is 30.4 Å². The minimum absolute atomic E-state index is 0.0795. The molecule has 3 rings (SSSR count). The quantitative estimate of drug-likeness (QED) is 0.577. The lowest BCUT2D eigenvalue weighted by Gasteiger charge is -2.45. The van der Waals surface area contributed by atoms with Crippen LogP contribution in [0.25, 0.3) is 10.9 Å². The number of carbonyl (C=O) groups excluding carboxylic acids is 1. The average molecular weight is 433 g/mol. The van der Waals surface area contributed by atoms with Gasteiger partial charge in [0.05, 0.1) is 23.2 Å². The maximum atomic E-state index is 12.7. The first-order valence-corrected chi connectivity index (χ1v) is 11.1. The van der Waals surface area contributed by atoms with Gasteiger partial charge in [-0.05, 0) is 53.0 Å². The van der Waals surface area contributed by atoms with Gasteiger partial charge in [0.15, 0.2) is 5.16 Å². The van der Waals surface area contributed by atoms with E-state index >= 15 is 0 Å². The minimum atomic E-state index is -1.02. The van der Waals surface area contributed by atoms with Gasteiger partial charge in [0.1, 0.15) is 5.60 Å². The molecule has 1 aliphatic rings. The molecule has 30 heavy (non-hydrogen) atoms. The topological polar surface area (TPSA) is 95.9 Å². The summed E-state index contributed by atoms with van der Waals surface area (Å²) < 4.78 is 5.58. The number of nitrogens with zero attached hydrogens (tertiary/aromatic N) is 4. The predicted molar refractivity (Wildman–Crippen MR) is 117 cm³/mol. The number of amides is 1. The number of carboxylic acid groups (broad SMARTS) is 1. The third kappa shape index (κ3) is 4.45. The summed E-state index contributed by atoms with van der Waals surface area (Å²) in [4.78, 5) is 37.1. The molecule has 0 spiro atoms. The summed E-state index contributed by atoms with van der Waals surface area (Å²) in [5, 5.41) is 10.8. The fraction of sp³-hybridized carbons (Fsp3) is 0.524. The standard InChI is InChI=1S/C21H28N4O4S/c1-12-10-24(11-13(2)25(12)20(28)29-21(3,4)5)16-8-7-14(18(26)27)17-15(16)9-22-19(23-17)30-6/h7-9,12-13H,10-11H2,1-6H3,(H,26,27)/t12-,13+. The second kappa shape index (κ2) is 8.29. The molecule has 1 aromatic carbocycles. The number of ether oxygens (including phenoxy) is 1. The molecular formula is C21H28N4O4S. The van der Waals surface area contributed by atoms with Crippen LogP contribution in [-0.4, -0.2) is 69.1 Å². The van der Waals surface area contributed by atoms with Gasteiger partial charge in [-0.1, -0.05) is 11.8 Å². The first kappa shape index (κ1) is 22.1. The maximum absolute atomic E-state index is 12.7. The van der Waals surface area contributed by atoms with Crippen molar-refractivity contribution in [3.63, 3.8) is 0 Å². The van der Waals surface area contributed by atoms with Gasteiger partial charge in [0.25, 0.3) is 0 Å². The number of anilines is 1. The molecule has 2 atom stereocenters. The number of piperazine rings is 1. The zero-order valence-electron chi connectivity index (χ0n) is 18.2. The summed E-state index contributed by atoms with van der Waals surface area (Å²) >= 11 is 1.37. The number of carbonyl (C=O) groups is 2. The highest BCUT2D eigenvalue weighted by Gasteiger charge is 2.36. The Bertz CT molecular complexity index is 963. The molecule has 1 saturated heterocycles. The van der Waals surface area contributed by atoms with Crippen LogP contribution in [0, 0.1) is 0 Å². The fourth-order valence-electron chi connectivity index (χ4n) is 3.83. The molecule has 162 valence electrons. The Morgan fingerprint density at radius 2 is 1.83 bits per heavy atom. The molecule has 1 fully saturated rings. The van der Waals surface area contributed by atoms with Crippen molar-refractivity contribution in [2.75, 3.05) is 24.2 Å². The third-order valence-electron chi connectivity index (χ3n) is 4.98. The third-order valence-corrected chi connectivity index (χ3v) is 5.54. The Balaban J connectivity index is 1.95. The summed E-state index contributed by atoms with van der Waals surface area (Å²) in [6.07, 6.45) is 3.22. The first-order valence-electron chi connectivity index (χ1n) is 9.85. The van der Waals surface area contributed by atoms with Crippen LogP contribution in [0.3, 0.4) is 0 Å². The Hall–Kier alpha value is -2.55. The van der Waals surface area contributed by atoms with Crippen LogP contribution < -0.4 is 4.90 Å². The highest BCUT2D eigenvalue weighted by atomic mass is 32.2. The van der Waals surface area contributed by atoms with Crippen LogP contribution in [0.5, 0.6) is 0 Å². The molecule has 0 saturated carbocycles. The molecule has 0 aliphatic carbocycles. The van der Waals surface area contributed by atoms with Gasteiger partial charge in [-0.15, -0.1) is 0 Å². The zero-order valence-corrected chi connectivity index (χ0v) is 19.0. The van der Waals surface area contributed by atoms with Crippen LogP contribution in [0.2, 0.25) is 0 Å². The van der Waals surface area contributed by atoms with Gasteiger partial charge in [-0.2, -0.15) is 0 Å². The molecule has 2 heterocycles. The SMILES string of the molecule is CSc1ncc2c(N3C[C@@H](C)N(C(=O)OC(C)(C)C)[C@@H](C)C3)ccc(C(=O)O)c2n1. The van der Waals surface area contributed by atoms with Crippen LogP contribution in [0.4, 0.5) is 10.5 Å². The molecule has 1 aliphatic heterocycles. The van der Waals surface area contributed by atoms with E-state index < -0.39 is 11.6 Å². The molecule has 1 amide bonds. The summed E-state index contributed by atoms with van der Waals surface area (Å²) in [5.41, 5.74) is 0.891. The van der Waals surface area contributed by atoms with Gasteiger partial charge in [-0.25, -0.2) is 19.6 Å². The Kier molecular flexibility index (Phi) is 6.12. The summed E-state index contributed by atoms with van der Waals surface area (Å²) in [6.45, 7) is 10.7. The lowest BCUT2D eigenvalue weighted by Crippen LogP contribution is -2.59. The smallest absolute Gasteiger partial charge is 0.410 e. The van der Waals surface area contributed by atoms with E-state index in [9.17, 15) is 14.7 Å². The van der Waals surface area contributed by atoms with Crippen molar-refractivity contribution >= 4 is 40.4 Å². The average Bonchev–Trinajstić information content (AvgIpc) is 2.64. The molecule has 8 nitrogen and oxygen atoms in total. The maximum Gasteiger partial charge on any atom is 0.410 e. The second-order valence-electron chi connectivity index (χ2n) is 8.55. The van der Waals surface area contributed by atoms with Crippen LogP contribution in [-0.2, 0) is 4.74 Å². The molecular weight excluding hydrogens is 404 g/mol. The van der Waals surface area contributed by atoms with Crippen LogP contribution in [0.1, 0.15) is 45.0 Å². The van der Waals surface area contributed by atoms with Gasteiger partial charge >= 0.3 is 12.1 Å². The molecule has 1 N–H and O–H groups in total. The zero-order chi connectivity index (χ0) is 22.2. The van der Waals surface area contributed by atoms with Crippen molar-refractivity contribution in [3.05, 3.63) is 23.9 Å². The number of hydrogen-bond acceptors (Lipinski definition) is 7. The molecule has 0 bridgehead atoms. The van der Waals surface area contributed by atoms with E-state index in [1.54, 1.807) is 23.2 Å². The van der Waals surface area contributed by atoms with Crippen molar-refractivity contribution in [1.29, 1.82) is 0 Å². The van der Waals surface area contributed by atoms with Gasteiger partial charge in [-0.3, -0.25) is 4.90 Å². The molecule has 2 aromatic rings. The van der Waals surface area contributed by atoms with Crippen LogP contribution >= 0.6 is 11.8 Å². The van der Waals surface area contributed by atoms with E-state index in [-0.39, 0.29) is 23.7 Å². The monoisotopic (exact) mass is 432 g/mol. The summed E-state index contributed by atoms with van der Waals surface area (Å²) in [5.74, 6) is -1.02. The number of hydrogen-bond donors (Lipinski definition) is 1. The van der Waals surface area contributed by atoms with Crippen molar-refractivity contribution < 1.29 is 19.4 Å². The van der Waals surface area contributed by atoms with E-state index in [2.05, 4.69) is 14.9 Å². The molecule has 0 unspecified atom stereocenters. The molecule has 0 radical (unpaired) electrons. The fourth-order valence-corrected chi connectivity index (χ4v) is 4.17. The highest BCUT2D eigenvalue weighted by molar-refractivity contribution is 7.98. The van der Waals surface area contributed by atoms with Crippen molar-refractivity contribution in [1.82, 2.24) is 14.9 Å². The lowest BCUT2D eigenvalue weighted by atomic mass is 10.0. The Labute approximate surface area is 180 Å². The minimum Gasteiger partial charge on any atom is -0.478 e. The second-order valence-corrected chi connectivity index (χ2v) is 9.32. The van der Waals surface area contributed by atoms with Gasteiger partial charge < -0.3 is 14.7 Å². The number of fused-ring (bicyclic) bond motifs is 1. The summed E-state index contributed by atoms with van der Waals surface area (Å²) in [6, 6.07) is 3.23. The predicted octanol–water partition coefficient (Wildman–Crippen LogP) is 3.88. The number of benzene rings is 1. The van der Waals surface area contributed by atoms with E-state index in [1.165, 1.54) is 11.8 Å². The molecule has 9 heteroatoms. The van der Waals surface area contributed by atoms with E-state index in [0.29, 0.717) is 29.1 Å². The number of carboxylic acids is 1. The van der Waals surface area contributed by atoms with E-state index in [0.717, 1.165) is 5.69 Å². The van der Waals surface area contributed by atoms with Crippen molar-refractivity contribution in [3.8, 4) is 0 Å². The van der Waals surface area contributed by atoms with Crippen molar-refractivity contribution in [2.24, 2.45) is 0 Å². The number of thioether (sulfide) groups is 1. The molecule has 1 aromatic heterocycles. The normalized spacial score (nSPS) is 19.8. The van der Waals surface area contributed by atoms with Crippen LogP contribution in [0.15, 0.2) is 23.5 Å².